The topological polar surface area (TPSA) is 40.9 Å². The second-order valence-electron chi connectivity index (χ2n) is 4.84. The zero-order valence-electron chi connectivity index (χ0n) is 10.1. The van der Waals surface area contributed by atoms with Gasteiger partial charge >= 0.3 is 0 Å². The Hall–Kier alpha value is -1.62. The van der Waals surface area contributed by atoms with Gasteiger partial charge < -0.3 is 0 Å². The highest BCUT2D eigenvalue weighted by atomic mass is 16.1. The molecule has 2 nitrogen and oxygen atoms in total. The number of hydrogen-bond acceptors (Lipinski definition) is 2. The zero-order valence-corrected chi connectivity index (χ0v) is 10.1. The summed E-state index contributed by atoms with van der Waals surface area (Å²) in [6.07, 6.45) is 4.42. The quantitative estimate of drug-likeness (QED) is 0.741. The van der Waals surface area contributed by atoms with Crippen molar-refractivity contribution in [3.8, 4) is 6.07 Å². The molecule has 17 heavy (non-hydrogen) atoms. The molecule has 1 aliphatic rings. The van der Waals surface area contributed by atoms with Gasteiger partial charge in [-0.05, 0) is 37.3 Å². The van der Waals surface area contributed by atoms with Gasteiger partial charge in [0.1, 0.15) is 0 Å². The van der Waals surface area contributed by atoms with Crippen molar-refractivity contribution in [1.82, 2.24) is 0 Å². The van der Waals surface area contributed by atoms with Crippen molar-refractivity contribution in [3.63, 3.8) is 0 Å². The summed E-state index contributed by atoms with van der Waals surface area (Å²) in [6.45, 7) is 2.19. The molecule has 0 N–H and O–H groups in total. The van der Waals surface area contributed by atoms with Crippen LogP contribution >= 0.6 is 0 Å². The predicted octanol–water partition coefficient (Wildman–Crippen LogP) is 3.57. The number of nitriles is 1. The Morgan fingerprint density at radius 1 is 1.35 bits per heavy atom. The van der Waals surface area contributed by atoms with E-state index in [1.807, 2.05) is 0 Å². The highest BCUT2D eigenvalue weighted by Gasteiger charge is 2.29. The van der Waals surface area contributed by atoms with E-state index in [1.54, 1.807) is 24.3 Å². The standard InChI is InChI=1S/C15H17NO/c1-2-11-3-8-14(9-11)15(17)13-6-4-12(10-16)5-7-13/h4-7,11,14H,2-3,8-9H2,1H3. The Bertz CT molecular complexity index is 441. The first kappa shape index (κ1) is 11.9. The van der Waals surface area contributed by atoms with Crippen LogP contribution in [0.4, 0.5) is 0 Å². The first-order valence-electron chi connectivity index (χ1n) is 6.29. The molecule has 2 atom stereocenters. The van der Waals surface area contributed by atoms with Crippen molar-refractivity contribution in [2.45, 2.75) is 32.6 Å². The first-order chi connectivity index (χ1) is 8.24. The molecule has 0 spiro atoms. The molecule has 0 saturated heterocycles. The van der Waals surface area contributed by atoms with Crippen LogP contribution in [0.3, 0.4) is 0 Å². The van der Waals surface area contributed by atoms with Crippen LogP contribution in [0, 0.1) is 23.2 Å². The lowest BCUT2D eigenvalue weighted by Crippen LogP contribution is -2.11. The molecular formula is C15H17NO. The smallest absolute Gasteiger partial charge is 0.165 e. The number of benzene rings is 1. The number of nitrogens with zero attached hydrogens (tertiary/aromatic N) is 1. The Kier molecular flexibility index (Phi) is 3.58. The summed E-state index contributed by atoms with van der Waals surface area (Å²) in [4.78, 5) is 12.2. The highest BCUT2D eigenvalue weighted by Crippen LogP contribution is 2.34. The zero-order chi connectivity index (χ0) is 12.3. The fourth-order valence-corrected chi connectivity index (χ4v) is 2.63. The number of hydrogen-bond donors (Lipinski definition) is 0. The number of Topliss-reactive ketones (excluding diaryl/α,β-unsaturated/α-hetero) is 1. The third-order valence-corrected chi connectivity index (χ3v) is 3.79. The van der Waals surface area contributed by atoms with Crippen molar-refractivity contribution in [2.24, 2.45) is 11.8 Å². The van der Waals surface area contributed by atoms with Crippen LogP contribution in [0.25, 0.3) is 0 Å². The van der Waals surface area contributed by atoms with Gasteiger partial charge in [-0.2, -0.15) is 5.26 Å². The fourth-order valence-electron chi connectivity index (χ4n) is 2.63. The molecular weight excluding hydrogens is 210 g/mol. The van der Waals surface area contributed by atoms with Crippen LogP contribution < -0.4 is 0 Å². The lowest BCUT2D eigenvalue weighted by molar-refractivity contribution is 0.0920. The maximum Gasteiger partial charge on any atom is 0.165 e. The minimum Gasteiger partial charge on any atom is -0.294 e. The summed E-state index contributed by atoms with van der Waals surface area (Å²) in [5.41, 5.74) is 1.37. The van der Waals surface area contributed by atoms with E-state index in [4.69, 9.17) is 5.26 Å². The summed E-state index contributed by atoms with van der Waals surface area (Å²) >= 11 is 0. The lowest BCUT2D eigenvalue weighted by Gasteiger charge is -2.09. The van der Waals surface area contributed by atoms with Gasteiger partial charge in [-0.25, -0.2) is 0 Å². The predicted molar refractivity (Wildman–Crippen MR) is 66.6 cm³/mol. The van der Waals surface area contributed by atoms with Gasteiger partial charge in [0.2, 0.25) is 0 Å². The minimum absolute atomic E-state index is 0.202. The van der Waals surface area contributed by atoms with Crippen LogP contribution in [0.2, 0.25) is 0 Å². The molecule has 1 aromatic carbocycles. The molecule has 1 aromatic rings. The summed E-state index contributed by atoms with van der Waals surface area (Å²) in [5.74, 6) is 1.18. The Morgan fingerprint density at radius 3 is 2.59 bits per heavy atom. The maximum atomic E-state index is 12.2. The van der Waals surface area contributed by atoms with Gasteiger partial charge in [-0.3, -0.25) is 4.79 Å². The van der Waals surface area contributed by atoms with Gasteiger partial charge in [-0.15, -0.1) is 0 Å². The van der Waals surface area contributed by atoms with Gasteiger partial charge in [0.05, 0.1) is 11.6 Å². The largest absolute Gasteiger partial charge is 0.294 e. The van der Waals surface area contributed by atoms with Gasteiger partial charge in [0.15, 0.2) is 5.78 Å². The average molecular weight is 227 g/mol. The molecule has 1 saturated carbocycles. The third-order valence-electron chi connectivity index (χ3n) is 3.79. The van der Waals surface area contributed by atoms with Crippen LogP contribution in [0.15, 0.2) is 24.3 Å². The second kappa shape index (κ2) is 5.14. The Labute approximate surface area is 102 Å². The van der Waals surface area contributed by atoms with Crippen molar-refractivity contribution in [1.29, 1.82) is 5.26 Å². The van der Waals surface area contributed by atoms with Crippen molar-refractivity contribution in [2.75, 3.05) is 0 Å². The molecule has 0 amide bonds. The summed E-state index contributed by atoms with van der Waals surface area (Å²) in [5, 5.41) is 8.71. The molecule has 0 heterocycles. The van der Waals surface area contributed by atoms with E-state index in [1.165, 1.54) is 12.8 Å². The summed E-state index contributed by atoms with van der Waals surface area (Å²) in [6, 6.07) is 9.07. The lowest BCUT2D eigenvalue weighted by atomic mass is 9.94. The number of ketones is 1. The molecule has 0 aliphatic heterocycles. The average Bonchev–Trinajstić information content (AvgIpc) is 2.87. The highest BCUT2D eigenvalue weighted by molar-refractivity contribution is 5.98. The van der Waals surface area contributed by atoms with Gasteiger partial charge in [0, 0.05) is 11.5 Å². The minimum atomic E-state index is 0.202. The molecule has 1 fully saturated rings. The number of rotatable bonds is 3. The van der Waals surface area contributed by atoms with E-state index in [2.05, 4.69) is 13.0 Å². The van der Waals surface area contributed by atoms with Crippen LogP contribution in [-0.2, 0) is 0 Å². The molecule has 2 unspecified atom stereocenters. The number of carbonyl (C=O) groups excluding carboxylic acids is 1. The molecule has 2 rings (SSSR count). The van der Waals surface area contributed by atoms with E-state index < -0.39 is 0 Å². The number of carbonyl (C=O) groups is 1. The Balaban J connectivity index is 2.07. The van der Waals surface area contributed by atoms with Crippen LogP contribution in [0.5, 0.6) is 0 Å². The van der Waals surface area contributed by atoms with Crippen molar-refractivity contribution in [3.05, 3.63) is 35.4 Å². The molecule has 1 aliphatic carbocycles. The Morgan fingerprint density at radius 2 is 2.06 bits per heavy atom. The molecule has 0 bridgehead atoms. The van der Waals surface area contributed by atoms with Crippen molar-refractivity contribution < 1.29 is 4.79 Å². The van der Waals surface area contributed by atoms with Crippen molar-refractivity contribution >= 4 is 5.78 Å². The molecule has 2 heteroatoms. The van der Waals surface area contributed by atoms with Gasteiger partial charge in [0.25, 0.3) is 0 Å². The fraction of sp³-hybridized carbons (Fsp3) is 0.467. The molecule has 0 aromatic heterocycles. The maximum absolute atomic E-state index is 12.2. The third kappa shape index (κ3) is 2.55. The first-order valence-corrected chi connectivity index (χ1v) is 6.29. The van der Waals surface area contributed by atoms with Crippen LogP contribution in [0.1, 0.15) is 48.5 Å². The monoisotopic (exact) mass is 227 g/mol. The van der Waals surface area contributed by atoms with E-state index in [0.29, 0.717) is 5.56 Å². The van der Waals surface area contributed by atoms with E-state index in [0.717, 1.165) is 24.3 Å². The van der Waals surface area contributed by atoms with Gasteiger partial charge in [-0.1, -0.05) is 25.5 Å². The second-order valence-corrected chi connectivity index (χ2v) is 4.84. The van der Waals surface area contributed by atoms with E-state index in [-0.39, 0.29) is 11.7 Å². The normalized spacial score (nSPS) is 23.3. The summed E-state index contributed by atoms with van der Waals surface area (Å²) < 4.78 is 0. The SMILES string of the molecule is CCC1CCC(C(=O)c2ccc(C#N)cc2)C1. The summed E-state index contributed by atoms with van der Waals surface area (Å²) in [7, 11) is 0. The molecule has 88 valence electrons. The van der Waals surface area contributed by atoms with E-state index >= 15 is 0 Å². The van der Waals surface area contributed by atoms with Crippen LogP contribution in [-0.4, -0.2) is 5.78 Å². The molecule has 0 radical (unpaired) electrons. The van der Waals surface area contributed by atoms with E-state index in [9.17, 15) is 4.79 Å².